The van der Waals surface area contributed by atoms with E-state index in [4.69, 9.17) is 0 Å². The Kier molecular flexibility index (Phi) is 8.34. The monoisotopic (exact) mass is 730 g/mol. The zero-order chi connectivity index (χ0) is 38.5. The summed E-state index contributed by atoms with van der Waals surface area (Å²) in [4.78, 5) is 2.40. The van der Waals surface area contributed by atoms with Crippen LogP contribution >= 0.6 is 0 Å². The van der Waals surface area contributed by atoms with Crippen molar-refractivity contribution in [3.05, 3.63) is 223 Å². The van der Waals surface area contributed by atoms with E-state index in [0.29, 0.717) is 0 Å². The van der Waals surface area contributed by atoms with E-state index in [1.165, 1.54) is 66.7 Å². The van der Waals surface area contributed by atoms with Gasteiger partial charge in [-0.15, -0.1) is 0 Å². The second-order valence-electron chi connectivity index (χ2n) is 15.4. The molecule has 0 amide bonds. The molecule has 1 heterocycles. The van der Waals surface area contributed by atoms with Crippen molar-refractivity contribution in [1.82, 2.24) is 4.57 Å². The lowest BCUT2D eigenvalue weighted by Gasteiger charge is -2.28. The Labute approximate surface area is 335 Å². The third-order valence-corrected chi connectivity index (χ3v) is 11.8. The van der Waals surface area contributed by atoms with Crippen LogP contribution in [0.5, 0.6) is 0 Å². The predicted molar refractivity (Wildman–Crippen MR) is 242 cm³/mol. The Bertz CT molecular complexity index is 2900. The Morgan fingerprint density at radius 3 is 1.70 bits per heavy atom. The van der Waals surface area contributed by atoms with E-state index in [0.717, 1.165) is 28.3 Å². The van der Waals surface area contributed by atoms with Gasteiger partial charge in [-0.05, 0) is 105 Å². The lowest BCUT2D eigenvalue weighted by molar-refractivity contribution is 0.660. The molecule has 10 rings (SSSR count). The number of para-hydroxylation sites is 1. The summed E-state index contributed by atoms with van der Waals surface area (Å²) in [7, 11) is 0. The zero-order valence-corrected chi connectivity index (χ0v) is 32.2. The minimum atomic E-state index is -0.108. The minimum absolute atomic E-state index is 0.108. The molecule has 0 saturated carbocycles. The average molecular weight is 731 g/mol. The van der Waals surface area contributed by atoms with Crippen LogP contribution < -0.4 is 4.90 Å². The lowest BCUT2D eigenvalue weighted by Crippen LogP contribution is -2.16. The van der Waals surface area contributed by atoms with E-state index < -0.39 is 0 Å². The van der Waals surface area contributed by atoms with Crippen molar-refractivity contribution in [2.24, 2.45) is 0 Å². The van der Waals surface area contributed by atoms with Gasteiger partial charge in [-0.3, -0.25) is 0 Å². The second kappa shape index (κ2) is 13.8. The molecule has 0 bridgehead atoms. The van der Waals surface area contributed by atoms with Crippen LogP contribution in [0.15, 0.2) is 207 Å². The third kappa shape index (κ3) is 5.81. The number of anilines is 3. The maximum absolute atomic E-state index is 3.99. The van der Waals surface area contributed by atoms with E-state index >= 15 is 0 Å². The molecule has 0 radical (unpaired) electrons. The van der Waals surface area contributed by atoms with E-state index in [9.17, 15) is 0 Å². The van der Waals surface area contributed by atoms with E-state index in [2.05, 4.69) is 230 Å². The molecule has 0 saturated heterocycles. The Hall–Kier alpha value is -7.16. The third-order valence-electron chi connectivity index (χ3n) is 11.8. The summed E-state index contributed by atoms with van der Waals surface area (Å²) in [5.41, 5.74) is 19.1. The van der Waals surface area contributed by atoms with Crippen LogP contribution in [0.2, 0.25) is 0 Å². The highest BCUT2D eigenvalue weighted by molar-refractivity contribution is 6.06. The maximum Gasteiger partial charge on any atom is 0.0619 e. The van der Waals surface area contributed by atoms with Crippen molar-refractivity contribution in [3.8, 4) is 50.3 Å². The molecule has 0 unspecified atom stereocenters. The van der Waals surface area contributed by atoms with Crippen molar-refractivity contribution in [2.45, 2.75) is 19.3 Å². The minimum Gasteiger partial charge on any atom is -0.310 e. The van der Waals surface area contributed by atoms with E-state index in [-0.39, 0.29) is 5.41 Å². The topological polar surface area (TPSA) is 8.17 Å². The number of aromatic nitrogens is 1. The summed E-state index contributed by atoms with van der Waals surface area (Å²) in [6, 6.07) is 72.8. The van der Waals surface area contributed by atoms with Crippen molar-refractivity contribution in [1.29, 1.82) is 0 Å². The molecule has 1 aromatic heterocycles. The van der Waals surface area contributed by atoms with E-state index in [1.807, 2.05) is 6.08 Å². The van der Waals surface area contributed by atoms with Crippen molar-refractivity contribution in [2.75, 3.05) is 4.90 Å². The smallest absolute Gasteiger partial charge is 0.0619 e. The van der Waals surface area contributed by atoms with Crippen LogP contribution in [0, 0.1) is 0 Å². The first-order chi connectivity index (χ1) is 28.0. The average Bonchev–Trinajstić information content (AvgIpc) is 3.74. The van der Waals surface area contributed by atoms with Gasteiger partial charge in [-0.2, -0.15) is 0 Å². The molecule has 8 aromatic carbocycles. The van der Waals surface area contributed by atoms with Gasteiger partial charge >= 0.3 is 0 Å². The summed E-state index contributed by atoms with van der Waals surface area (Å²) < 4.78 is 2.41. The molecule has 272 valence electrons. The first-order valence-corrected chi connectivity index (χ1v) is 19.7. The van der Waals surface area contributed by atoms with Crippen molar-refractivity contribution < 1.29 is 0 Å². The Morgan fingerprint density at radius 2 is 1.02 bits per heavy atom. The zero-order valence-electron chi connectivity index (χ0n) is 32.2. The van der Waals surface area contributed by atoms with Gasteiger partial charge in [0.15, 0.2) is 0 Å². The molecule has 9 aromatic rings. The largest absolute Gasteiger partial charge is 0.310 e. The quantitative estimate of drug-likeness (QED) is 0.151. The normalized spacial score (nSPS) is 12.6. The molecular formula is C55H42N2. The fourth-order valence-corrected chi connectivity index (χ4v) is 8.92. The highest BCUT2D eigenvalue weighted by atomic mass is 15.1. The highest BCUT2D eigenvalue weighted by Crippen LogP contribution is 2.51. The van der Waals surface area contributed by atoms with Gasteiger partial charge < -0.3 is 9.47 Å². The van der Waals surface area contributed by atoms with Gasteiger partial charge in [0.25, 0.3) is 0 Å². The number of benzene rings is 8. The van der Waals surface area contributed by atoms with Gasteiger partial charge in [-0.1, -0.05) is 172 Å². The number of hydrogen-bond donors (Lipinski definition) is 0. The molecule has 0 aliphatic heterocycles. The van der Waals surface area contributed by atoms with Crippen LogP contribution in [0.25, 0.3) is 67.3 Å². The second-order valence-corrected chi connectivity index (χ2v) is 15.4. The Morgan fingerprint density at radius 1 is 0.474 bits per heavy atom. The molecule has 0 N–H and O–H groups in total. The van der Waals surface area contributed by atoms with Crippen LogP contribution in [0.1, 0.15) is 30.5 Å². The SMILES string of the molecule is C=Cc1ccc(-n2c(-c3ccccc3)c(-c3ccc(N(c4ccc(-c5ccccc5)cc4)c4ccc5c(c4)C(C)(C)c4ccccc4-5)cc3)c3ccccc32)cc1. The van der Waals surface area contributed by atoms with Crippen LogP contribution in [0.4, 0.5) is 17.1 Å². The van der Waals surface area contributed by atoms with Gasteiger partial charge in [0, 0.05) is 39.1 Å². The summed E-state index contributed by atoms with van der Waals surface area (Å²) in [6.45, 7) is 8.69. The van der Waals surface area contributed by atoms with E-state index in [1.54, 1.807) is 0 Å². The molecule has 2 heteroatoms. The number of fused-ring (bicyclic) bond motifs is 4. The molecule has 57 heavy (non-hydrogen) atoms. The molecule has 1 aliphatic carbocycles. The van der Waals surface area contributed by atoms with Gasteiger partial charge in [0.1, 0.15) is 0 Å². The lowest BCUT2D eigenvalue weighted by atomic mass is 9.82. The highest BCUT2D eigenvalue weighted by Gasteiger charge is 2.35. The van der Waals surface area contributed by atoms with Gasteiger partial charge in [0.2, 0.25) is 0 Å². The van der Waals surface area contributed by atoms with Crippen LogP contribution in [0.3, 0.4) is 0 Å². The van der Waals surface area contributed by atoms with Gasteiger partial charge in [0.05, 0.1) is 11.2 Å². The molecule has 0 fully saturated rings. The molecular weight excluding hydrogens is 689 g/mol. The first kappa shape index (κ1) is 34.3. The maximum atomic E-state index is 3.99. The molecule has 2 nitrogen and oxygen atoms in total. The standard InChI is InChI=1S/C55H42N2/c1-4-38-23-29-45(30-24-38)57-52-22-14-12-20-49(52)53(54(57)42-17-9-6-10-18-42)41-27-33-44(34-28-41)56(43-31-25-40(26-32-43)39-15-7-5-8-16-39)46-35-36-48-47-19-11-13-21-50(47)55(2,3)51(48)37-46/h4-37H,1H2,2-3H3. The summed E-state index contributed by atoms with van der Waals surface area (Å²) in [6.07, 6.45) is 1.90. The number of hydrogen-bond acceptors (Lipinski definition) is 1. The van der Waals surface area contributed by atoms with Crippen LogP contribution in [-0.2, 0) is 5.41 Å². The number of nitrogens with zero attached hydrogens (tertiary/aromatic N) is 2. The summed E-state index contributed by atoms with van der Waals surface area (Å²) in [5, 5.41) is 1.21. The summed E-state index contributed by atoms with van der Waals surface area (Å²) >= 11 is 0. The van der Waals surface area contributed by atoms with Crippen molar-refractivity contribution in [3.63, 3.8) is 0 Å². The van der Waals surface area contributed by atoms with Crippen molar-refractivity contribution >= 4 is 34.0 Å². The fraction of sp³-hybridized carbons (Fsp3) is 0.0545. The predicted octanol–water partition coefficient (Wildman–Crippen LogP) is 15.1. The van der Waals surface area contributed by atoms with Crippen LogP contribution in [-0.4, -0.2) is 4.57 Å². The van der Waals surface area contributed by atoms with Gasteiger partial charge in [-0.25, -0.2) is 0 Å². The first-order valence-electron chi connectivity index (χ1n) is 19.7. The Balaban J connectivity index is 1.13. The molecule has 1 aliphatic rings. The fourth-order valence-electron chi connectivity index (χ4n) is 8.92. The number of rotatable bonds is 8. The summed E-state index contributed by atoms with van der Waals surface area (Å²) in [5.74, 6) is 0. The molecule has 0 spiro atoms. The molecule has 0 atom stereocenters.